The van der Waals surface area contributed by atoms with Crippen molar-refractivity contribution in [3.63, 3.8) is 0 Å². The lowest BCUT2D eigenvalue weighted by Crippen LogP contribution is -2.29. The maximum Gasteiger partial charge on any atom is 0.249 e. The molecule has 2 aromatic carbocycles. The molecule has 0 radical (unpaired) electrons. The largest absolute Gasteiger partial charge is 0.489 e. The van der Waals surface area contributed by atoms with E-state index in [1.807, 2.05) is 54.6 Å². The van der Waals surface area contributed by atoms with E-state index in [0.29, 0.717) is 18.1 Å². The fraction of sp³-hybridized carbons (Fsp3) is 0.200. The summed E-state index contributed by atoms with van der Waals surface area (Å²) in [6, 6.07) is 17.3. The molecule has 1 unspecified atom stereocenters. The third kappa shape index (κ3) is 5.24. The number of hydrogen-bond donors (Lipinski definition) is 2. The van der Waals surface area contributed by atoms with Gasteiger partial charge in [0.15, 0.2) is 0 Å². The van der Waals surface area contributed by atoms with Crippen LogP contribution in [0.15, 0.2) is 64.8 Å². The number of hydrogen-bond acceptors (Lipinski definition) is 5. The van der Waals surface area contributed by atoms with Crippen LogP contribution in [0, 0.1) is 5.92 Å². The number of carbonyl (C=O) groups excluding carboxylic acids is 2. The lowest BCUT2D eigenvalue weighted by molar-refractivity contribution is -0.127. The first-order valence-electron chi connectivity index (χ1n) is 8.54. The van der Waals surface area contributed by atoms with Crippen molar-refractivity contribution in [2.24, 2.45) is 16.1 Å². The topological polar surface area (TPSA) is 92.2 Å². The fourth-order valence-electron chi connectivity index (χ4n) is 2.56. The van der Waals surface area contributed by atoms with Crippen molar-refractivity contribution in [1.29, 1.82) is 0 Å². The zero-order valence-electron chi connectivity index (χ0n) is 14.9. The molecule has 0 bridgehead atoms. The number of rotatable bonds is 7. The smallest absolute Gasteiger partial charge is 0.249 e. The van der Waals surface area contributed by atoms with Crippen LogP contribution in [-0.4, -0.2) is 23.7 Å². The Kier molecular flexibility index (Phi) is 5.94. The molecule has 0 aromatic heterocycles. The zero-order valence-corrected chi connectivity index (χ0v) is 14.9. The first-order chi connectivity index (χ1) is 13.1. The van der Waals surface area contributed by atoms with Crippen LogP contribution in [0.4, 0.5) is 0 Å². The van der Waals surface area contributed by atoms with Crippen molar-refractivity contribution in [3.05, 3.63) is 65.7 Å². The summed E-state index contributed by atoms with van der Waals surface area (Å²) in [5, 5.41) is 7.75. The molecule has 138 valence electrons. The number of ether oxygens (including phenoxy) is 1. The fourth-order valence-corrected chi connectivity index (χ4v) is 2.56. The molecule has 0 saturated heterocycles. The molecule has 3 rings (SSSR count). The molecule has 1 heterocycles. The highest BCUT2D eigenvalue weighted by Gasteiger charge is 2.28. The number of hydrazone groups is 2. The predicted molar refractivity (Wildman–Crippen MR) is 102 cm³/mol. The van der Waals surface area contributed by atoms with Gasteiger partial charge in [0.1, 0.15) is 12.4 Å². The molecule has 1 aliphatic heterocycles. The SMILES string of the molecule is CC1=NNC(=O)C1CC(=O)NN=Cc1cccc(OCc2ccccc2)c1. The van der Waals surface area contributed by atoms with Gasteiger partial charge in [0.05, 0.1) is 12.1 Å². The maximum atomic E-state index is 11.9. The van der Waals surface area contributed by atoms with Gasteiger partial charge >= 0.3 is 0 Å². The van der Waals surface area contributed by atoms with Crippen molar-refractivity contribution >= 4 is 23.7 Å². The summed E-state index contributed by atoms with van der Waals surface area (Å²) in [6.45, 7) is 2.18. The number of carbonyl (C=O) groups is 2. The Balaban J connectivity index is 1.50. The highest BCUT2D eigenvalue weighted by Crippen LogP contribution is 2.14. The molecule has 0 saturated carbocycles. The van der Waals surface area contributed by atoms with Crippen molar-refractivity contribution in [2.75, 3.05) is 0 Å². The summed E-state index contributed by atoms with van der Waals surface area (Å²) in [5.74, 6) is -0.437. The van der Waals surface area contributed by atoms with Crippen LogP contribution in [0.5, 0.6) is 5.75 Å². The Bertz CT molecular complexity index is 878. The zero-order chi connectivity index (χ0) is 19.1. The van der Waals surface area contributed by atoms with E-state index < -0.39 is 5.92 Å². The summed E-state index contributed by atoms with van der Waals surface area (Å²) in [6.07, 6.45) is 1.54. The Morgan fingerprint density at radius 1 is 1.26 bits per heavy atom. The van der Waals surface area contributed by atoms with Crippen LogP contribution in [0.1, 0.15) is 24.5 Å². The molecule has 2 aromatic rings. The first-order valence-corrected chi connectivity index (χ1v) is 8.54. The lowest BCUT2D eigenvalue weighted by atomic mass is 10.0. The van der Waals surface area contributed by atoms with Crippen molar-refractivity contribution < 1.29 is 14.3 Å². The van der Waals surface area contributed by atoms with Gasteiger partial charge in [-0.1, -0.05) is 42.5 Å². The summed E-state index contributed by atoms with van der Waals surface area (Å²) in [4.78, 5) is 23.5. The second-order valence-corrected chi connectivity index (χ2v) is 6.13. The van der Waals surface area contributed by atoms with Gasteiger partial charge in [0.25, 0.3) is 0 Å². The van der Waals surface area contributed by atoms with Crippen LogP contribution in [0.3, 0.4) is 0 Å². The second-order valence-electron chi connectivity index (χ2n) is 6.13. The van der Waals surface area contributed by atoms with Gasteiger partial charge in [-0.15, -0.1) is 0 Å². The van der Waals surface area contributed by atoms with E-state index >= 15 is 0 Å². The van der Waals surface area contributed by atoms with E-state index in [1.54, 1.807) is 6.92 Å². The standard InChI is InChI=1S/C20H20N4O3/c1-14-18(20(26)24-22-14)11-19(25)23-21-12-16-8-5-9-17(10-16)27-13-15-6-3-2-4-7-15/h2-10,12,18H,11,13H2,1H3,(H,23,25)(H,24,26). The molecule has 1 aliphatic rings. The lowest BCUT2D eigenvalue weighted by Gasteiger charge is -2.07. The van der Waals surface area contributed by atoms with E-state index in [2.05, 4.69) is 21.1 Å². The number of nitrogens with one attached hydrogen (secondary N) is 2. The van der Waals surface area contributed by atoms with Gasteiger partial charge in [0.2, 0.25) is 11.8 Å². The van der Waals surface area contributed by atoms with Gasteiger partial charge in [-0.2, -0.15) is 10.2 Å². The highest BCUT2D eigenvalue weighted by molar-refractivity contribution is 6.09. The van der Waals surface area contributed by atoms with Gasteiger partial charge < -0.3 is 4.74 Å². The number of benzene rings is 2. The minimum absolute atomic E-state index is 0.0126. The molecule has 7 nitrogen and oxygen atoms in total. The van der Waals surface area contributed by atoms with E-state index in [4.69, 9.17) is 4.74 Å². The Labute approximate surface area is 157 Å². The average molecular weight is 364 g/mol. The molecule has 2 amide bonds. The number of amides is 2. The van der Waals surface area contributed by atoms with Crippen LogP contribution in [0.2, 0.25) is 0 Å². The normalized spacial score (nSPS) is 16.1. The van der Waals surface area contributed by atoms with Crippen LogP contribution < -0.4 is 15.6 Å². The molecule has 27 heavy (non-hydrogen) atoms. The second kappa shape index (κ2) is 8.75. The van der Waals surface area contributed by atoms with Crippen molar-refractivity contribution in [2.45, 2.75) is 20.0 Å². The minimum Gasteiger partial charge on any atom is -0.489 e. The third-order valence-corrected chi connectivity index (χ3v) is 4.06. The molecule has 2 N–H and O–H groups in total. The predicted octanol–water partition coefficient (Wildman–Crippen LogP) is 2.23. The number of nitrogens with zero attached hydrogens (tertiary/aromatic N) is 2. The van der Waals surface area contributed by atoms with E-state index in [1.165, 1.54) is 6.21 Å². The first kappa shape index (κ1) is 18.3. The van der Waals surface area contributed by atoms with Gasteiger partial charge in [0, 0.05) is 12.1 Å². The third-order valence-electron chi connectivity index (χ3n) is 4.06. The van der Waals surface area contributed by atoms with Gasteiger partial charge in [-0.25, -0.2) is 10.9 Å². The Morgan fingerprint density at radius 2 is 2.07 bits per heavy atom. The Hall–Kier alpha value is -3.48. The van der Waals surface area contributed by atoms with Gasteiger partial charge in [-0.3, -0.25) is 9.59 Å². The van der Waals surface area contributed by atoms with E-state index in [-0.39, 0.29) is 18.2 Å². The quantitative estimate of drug-likeness (QED) is 0.583. The Morgan fingerprint density at radius 3 is 2.81 bits per heavy atom. The van der Waals surface area contributed by atoms with Crippen LogP contribution in [-0.2, 0) is 16.2 Å². The van der Waals surface area contributed by atoms with Crippen molar-refractivity contribution in [1.82, 2.24) is 10.9 Å². The molecular weight excluding hydrogens is 344 g/mol. The van der Waals surface area contributed by atoms with E-state index in [9.17, 15) is 9.59 Å². The van der Waals surface area contributed by atoms with E-state index in [0.717, 1.165) is 11.1 Å². The average Bonchev–Trinajstić information content (AvgIpc) is 2.99. The molecule has 1 atom stereocenters. The monoisotopic (exact) mass is 364 g/mol. The summed E-state index contributed by atoms with van der Waals surface area (Å²) >= 11 is 0. The molecule has 0 fully saturated rings. The van der Waals surface area contributed by atoms with Crippen LogP contribution >= 0.6 is 0 Å². The highest BCUT2D eigenvalue weighted by atomic mass is 16.5. The van der Waals surface area contributed by atoms with Gasteiger partial charge in [-0.05, 0) is 30.2 Å². The molecular formula is C20H20N4O3. The molecule has 0 spiro atoms. The molecule has 7 heteroatoms. The summed E-state index contributed by atoms with van der Waals surface area (Å²) < 4.78 is 5.77. The summed E-state index contributed by atoms with van der Waals surface area (Å²) in [5.41, 5.74) is 7.26. The summed E-state index contributed by atoms with van der Waals surface area (Å²) in [7, 11) is 0. The van der Waals surface area contributed by atoms with Crippen molar-refractivity contribution in [3.8, 4) is 5.75 Å². The molecule has 0 aliphatic carbocycles. The minimum atomic E-state index is -0.532. The van der Waals surface area contributed by atoms with Crippen LogP contribution in [0.25, 0.3) is 0 Å². The maximum absolute atomic E-state index is 11.9.